The third-order valence-electron chi connectivity index (χ3n) is 7.17. The number of halogens is 4. The Bertz CT molecular complexity index is 1550. The Kier molecular flexibility index (Phi) is 8.39. The van der Waals surface area contributed by atoms with Crippen molar-refractivity contribution in [2.24, 2.45) is 5.92 Å². The highest BCUT2D eigenvalue weighted by molar-refractivity contribution is 6.06. The topological polar surface area (TPSA) is 77.0 Å². The highest BCUT2D eigenvalue weighted by Crippen LogP contribution is 2.45. The van der Waals surface area contributed by atoms with Crippen molar-refractivity contribution in [2.45, 2.75) is 38.5 Å². The Morgan fingerprint density at radius 2 is 1.73 bits per heavy atom. The van der Waals surface area contributed by atoms with Crippen LogP contribution in [0.25, 0.3) is 22.3 Å². The molecule has 212 valence electrons. The van der Waals surface area contributed by atoms with Crippen LogP contribution in [0.2, 0.25) is 0 Å². The smallest absolute Gasteiger partial charge is 0.258 e. The lowest BCUT2D eigenvalue weighted by Gasteiger charge is -2.32. The van der Waals surface area contributed by atoms with Gasteiger partial charge in [0, 0.05) is 59.4 Å². The predicted octanol–water partition coefficient (Wildman–Crippen LogP) is 7.24. The summed E-state index contributed by atoms with van der Waals surface area (Å²) in [5.74, 6) is -3.04. The van der Waals surface area contributed by atoms with Crippen molar-refractivity contribution in [1.29, 1.82) is 0 Å². The van der Waals surface area contributed by atoms with Crippen molar-refractivity contribution in [1.82, 2.24) is 15.0 Å². The van der Waals surface area contributed by atoms with Gasteiger partial charge < -0.3 is 10.1 Å². The number of benzene rings is 2. The summed E-state index contributed by atoms with van der Waals surface area (Å²) in [6, 6.07) is 11.3. The van der Waals surface area contributed by atoms with Crippen molar-refractivity contribution in [3.63, 3.8) is 0 Å². The number of aromatic nitrogens is 3. The first-order valence-electron chi connectivity index (χ1n) is 13.3. The van der Waals surface area contributed by atoms with Crippen molar-refractivity contribution in [3.05, 3.63) is 95.8 Å². The molecule has 2 atom stereocenters. The van der Waals surface area contributed by atoms with E-state index in [0.717, 1.165) is 18.2 Å². The van der Waals surface area contributed by atoms with Gasteiger partial charge in [0.2, 0.25) is 6.43 Å². The number of anilines is 1. The monoisotopic (exact) mass is 564 g/mol. The van der Waals surface area contributed by atoms with Crippen LogP contribution in [0.5, 0.6) is 0 Å². The fourth-order valence-electron chi connectivity index (χ4n) is 5.08. The van der Waals surface area contributed by atoms with Crippen LogP contribution in [-0.4, -0.2) is 40.5 Å². The minimum absolute atomic E-state index is 0.0527. The molecule has 1 amide bonds. The van der Waals surface area contributed by atoms with Gasteiger partial charge in [0.05, 0.1) is 23.8 Å². The highest BCUT2D eigenvalue weighted by Gasteiger charge is 2.37. The van der Waals surface area contributed by atoms with E-state index in [1.54, 1.807) is 24.3 Å². The van der Waals surface area contributed by atoms with E-state index in [9.17, 15) is 18.0 Å². The number of ether oxygens (including phenoxy) is 1. The lowest BCUT2D eigenvalue weighted by Crippen LogP contribution is -2.32. The predicted molar refractivity (Wildman–Crippen MR) is 147 cm³/mol. The average molecular weight is 565 g/mol. The first-order valence-corrected chi connectivity index (χ1v) is 13.3. The first kappa shape index (κ1) is 28.4. The van der Waals surface area contributed by atoms with Crippen molar-refractivity contribution in [2.75, 3.05) is 18.5 Å². The molecule has 0 aliphatic carbocycles. The fourth-order valence-corrected chi connectivity index (χ4v) is 5.08. The van der Waals surface area contributed by atoms with Crippen LogP contribution in [0.15, 0.2) is 67.1 Å². The molecule has 0 saturated carbocycles. The molecule has 2 aromatic carbocycles. The highest BCUT2D eigenvalue weighted by atomic mass is 19.3. The van der Waals surface area contributed by atoms with Crippen LogP contribution in [0.1, 0.15) is 54.0 Å². The van der Waals surface area contributed by atoms with Gasteiger partial charge in [0.1, 0.15) is 17.5 Å². The number of hydrogen-bond acceptors (Lipinski definition) is 5. The lowest BCUT2D eigenvalue weighted by atomic mass is 9.80. The van der Waals surface area contributed by atoms with Crippen molar-refractivity contribution >= 4 is 11.6 Å². The SMILES string of the molecule is CC(C)c1ncc(C(=O)Nc2ccccc2-c2c(-c3cc(F)ccc3F)ccnc2C2CCOCC2C(F)F)cn1. The number of carbonyl (C=O) groups excluding carboxylic acids is 1. The van der Waals surface area contributed by atoms with Gasteiger partial charge in [-0.3, -0.25) is 9.78 Å². The van der Waals surface area contributed by atoms with E-state index in [0.29, 0.717) is 28.3 Å². The summed E-state index contributed by atoms with van der Waals surface area (Å²) >= 11 is 0. The van der Waals surface area contributed by atoms with Gasteiger partial charge in [0.25, 0.3) is 5.91 Å². The molecule has 2 aromatic heterocycles. The molecule has 0 bridgehead atoms. The molecule has 3 heterocycles. The van der Waals surface area contributed by atoms with Gasteiger partial charge >= 0.3 is 0 Å². The summed E-state index contributed by atoms with van der Waals surface area (Å²) in [6.45, 7) is 3.96. The summed E-state index contributed by atoms with van der Waals surface area (Å²) in [7, 11) is 0. The zero-order chi connectivity index (χ0) is 29.1. The summed E-state index contributed by atoms with van der Waals surface area (Å²) in [6.07, 6.45) is 1.84. The second kappa shape index (κ2) is 12.1. The van der Waals surface area contributed by atoms with Crippen LogP contribution in [0.4, 0.5) is 23.2 Å². The van der Waals surface area contributed by atoms with Crippen molar-refractivity contribution < 1.29 is 27.1 Å². The van der Waals surface area contributed by atoms with Gasteiger partial charge in [-0.2, -0.15) is 0 Å². The number of para-hydroxylation sites is 1. The number of amides is 1. The second-order valence-electron chi connectivity index (χ2n) is 10.2. The number of hydrogen-bond donors (Lipinski definition) is 1. The van der Waals surface area contributed by atoms with Crippen LogP contribution in [0.3, 0.4) is 0 Å². The molecular formula is C31H28F4N4O2. The van der Waals surface area contributed by atoms with Crippen LogP contribution in [0, 0.1) is 17.6 Å². The van der Waals surface area contributed by atoms with E-state index >= 15 is 4.39 Å². The number of nitrogens with one attached hydrogen (secondary N) is 1. The van der Waals surface area contributed by atoms with E-state index < -0.39 is 35.8 Å². The molecule has 1 saturated heterocycles. The zero-order valence-electron chi connectivity index (χ0n) is 22.5. The van der Waals surface area contributed by atoms with E-state index in [-0.39, 0.29) is 42.2 Å². The Labute approximate surface area is 234 Å². The minimum Gasteiger partial charge on any atom is -0.381 e. The van der Waals surface area contributed by atoms with Gasteiger partial charge in [-0.1, -0.05) is 32.0 Å². The molecule has 0 radical (unpaired) electrons. The standard InChI is InChI=1S/C31H28F4N4O2/c1-17(2)30-37-14-18(15-38-30)31(40)39-26-6-4-3-5-22(26)27-20(23-13-19(32)7-8-25(23)33)9-11-36-28(27)21-10-12-41-16-24(21)29(34)35/h3-9,11,13-15,17,21,24,29H,10,12,16H2,1-2H3,(H,39,40). The van der Waals surface area contributed by atoms with Gasteiger partial charge in [-0.15, -0.1) is 0 Å². The summed E-state index contributed by atoms with van der Waals surface area (Å²) in [4.78, 5) is 26.2. The third-order valence-corrected chi connectivity index (χ3v) is 7.17. The van der Waals surface area contributed by atoms with E-state index in [1.165, 1.54) is 24.7 Å². The third kappa shape index (κ3) is 5.97. The van der Waals surface area contributed by atoms with Crippen molar-refractivity contribution in [3.8, 4) is 22.3 Å². The lowest BCUT2D eigenvalue weighted by molar-refractivity contribution is -0.0385. The molecule has 2 unspecified atom stereocenters. The Morgan fingerprint density at radius 3 is 2.46 bits per heavy atom. The molecule has 1 aliphatic heterocycles. The second-order valence-corrected chi connectivity index (χ2v) is 10.2. The summed E-state index contributed by atoms with van der Waals surface area (Å²) < 4.78 is 63.2. The van der Waals surface area contributed by atoms with E-state index in [4.69, 9.17) is 4.74 Å². The molecule has 1 aliphatic rings. The zero-order valence-corrected chi connectivity index (χ0v) is 22.5. The van der Waals surface area contributed by atoms with E-state index in [2.05, 4.69) is 20.3 Å². The Balaban J connectivity index is 1.66. The van der Waals surface area contributed by atoms with Crippen LogP contribution < -0.4 is 5.32 Å². The summed E-state index contributed by atoms with van der Waals surface area (Å²) in [5.41, 5.74) is 1.80. The molecular weight excluding hydrogens is 536 g/mol. The maximum Gasteiger partial charge on any atom is 0.258 e. The Morgan fingerprint density at radius 1 is 0.976 bits per heavy atom. The maximum absolute atomic E-state index is 15.1. The molecule has 1 N–H and O–H groups in total. The molecule has 5 rings (SSSR count). The number of nitrogens with zero attached hydrogens (tertiary/aromatic N) is 3. The number of rotatable bonds is 7. The molecule has 6 nitrogen and oxygen atoms in total. The van der Waals surface area contributed by atoms with Gasteiger partial charge in [-0.05, 0) is 42.3 Å². The average Bonchev–Trinajstić information content (AvgIpc) is 2.98. The first-order chi connectivity index (χ1) is 19.7. The fraction of sp³-hybridized carbons (Fsp3) is 0.290. The van der Waals surface area contributed by atoms with Crippen LogP contribution >= 0.6 is 0 Å². The minimum atomic E-state index is -2.69. The molecule has 4 aromatic rings. The van der Waals surface area contributed by atoms with Gasteiger partial charge in [-0.25, -0.2) is 27.5 Å². The number of alkyl halides is 2. The molecule has 10 heteroatoms. The maximum atomic E-state index is 15.1. The number of pyridine rings is 1. The number of carbonyl (C=O) groups is 1. The largest absolute Gasteiger partial charge is 0.381 e. The normalized spacial score (nSPS) is 17.2. The van der Waals surface area contributed by atoms with Crippen LogP contribution in [-0.2, 0) is 4.74 Å². The molecule has 1 fully saturated rings. The summed E-state index contributed by atoms with van der Waals surface area (Å²) in [5, 5.41) is 2.86. The quantitative estimate of drug-likeness (QED) is 0.240. The molecule has 41 heavy (non-hydrogen) atoms. The van der Waals surface area contributed by atoms with Gasteiger partial charge in [0.15, 0.2) is 0 Å². The van der Waals surface area contributed by atoms with E-state index in [1.807, 2.05) is 13.8 Å². The Hall–Kier alpha value is -4.18. The molecule has 0 spiro atoms.